The van der Waals surface area contributed by atoms with Gasteiger partial charge in [-0.3, -0.25) is 9.59 Å². The maximum Gasteiger partial charge on any atom is 0.267 e. The van der Waals surface area contributed by atoms with Crippen LogP contribution in [-0.4, -0.2) is 23.8 Å². The Bertz CT molecular complexity index is 984. The summed E-state index contributed by atoms with van der Waals surface area (Å²) >= 11 is 7.45. The molecular formula is C19H16ClN3O2S. The first-order valence-corrected chi connectivity index (χ1v) is 9.04. The van der Waals surface area contributed by atoms with E-state index in [4.69, 9.17) is 11.6 Å². The third kappa shape index (κ3) is 3.61. The van der Waals surface area contributed by atoms with E-state index >= 15 is 0 Å². The highest BCUT2D eigenvalue weighted by molar-refractivity contribution is 7.17. The summed E-state index contributed by atoms with van der Waals surface area (Å²) in [6.07, 6.45) is 1.52. The third-order valence-electron chi connectivity index (χ3n) is 3.89. The number of carbonyl (C=O) groups excluding carboxylic acids is 2. The Kier molecular flexibility index (Phi) is 5.35. The van der Waals surface area contributed by atoms with E-state index in [-0.39, 0.29) is 11.8 Å². The maximum absolute atomic E-state index is 12.6. The summed E-state index contributed by atoms with van der Waals surface area (Å²) in [7, 11) is 1.57. The summed E-state index contributed by atoms with van der Waals surface area (Å²) in [4.78, 5) is 29.2. The molecule has 0 bridgehead atoms. The summed E-state index contributed by atoms with van der Waals surface area (Å²) in [6.45, 7) is 1.79. The first-order valence-electron chi connectivity index (χ1n) is 7.85. The summed E-state index contributed by atoms with van der Waals surface area (Å²) in [5, 5.41) is 6.70. The molecule has 0 saturated carbocycles. The molecule has 0 radical (unpaired) electrons. The molecular weight excluding hydrogens is 370 g/mol. The quantitative estimate of drug-likeness (QED) is 0.699. The van der Waals surface area contributed by atoms with Gasteiger partial charge in [0.25, 0.3) is 11.8 Å². The van der Waals surface area contributed by atoms with Gasteiger partial charge in [0.05, 0.1) is 11.2 Å². The Hall–Kier alpha value is -2.70. The molecule has 3 rings (SSSR count). The summed E-state index contributed by atoms with van der Waals surface area (Å²) < 4.78 is 0. The van der Waals surface area contributed by atoms with Crippen LogP contribution in [0.3, 0.4) is 0 Å². The van der Waals surface area contributed by atoms with Gasteiger partial charge in [-0.25, -0.2) is 4.98 Å². The molecule has 2 N–H and O–H groups in total. The van der Waals surface area contributed by atoms with Crippen LogP contribution in [0.15, 0.2) is 48.7 Å². The van der Waals surface area contributed by atoms with Crippen LogP contribution in [0.1, 0.15) is 25.6 Å². The Morgan fingerprint density at radius 1 is 1.08 bits per heavy atom. The molecule has 1 aromatic heterocycles. The molecule has 7 heteroatoms. The van der Waals surface area contributed by atoms with Crippen molar-refractivity contribution in [3.63, 3.8) is 0 Å². The number of nitrogens with zero attached hydrogens (tertiary/aromatic N) is 1. The molecule has 0 fully saturated rings. The molecule has 2 aromatic carbocycles. The zero-order chi connectivity index (χ0) is 18.7. The van der Waals surface area contributed by atoms with E-state index in [1.807, 2.05) is 18.2 Å². The van der Waals surface area contributed by atoms with Gasteiger partial charge < -0.3 is 10.6 Å². The molecule has 0 saturated heterocycles. The van der Waals surface area contributed by atoms with E-state index in [0.29, 0.717) is 31.7 Å². The fourth-order valence-electron chi connectivity index (χ4n) is 2.47. The maximum atomic E-state index is 12.6. The summed E-state index contributed by atoms with van der Waals surface area (Å²) in [6, 6.07) is 12.6. The predicted molar refractivity (Wildman–Crippen MR) is 105 cm³/mol. The number of thiazole rings is 1. The zero-order valence-corrected chi connectivity index (χ0v) is 15.7. The highest BCUT2D eigenvalue weighted by Gasteiger charge is 2.16. The normalized spacial score (nSPS) is 10.4. The number of anilines is 1. The minimum atomic E-state index is -0.280. The van der Waals surface area contributed by atoms with Crippen LogP contribution in [0.5, 0.6) is 0 Å². The summed E-state index contributed by atoms with van der Waals surface area (Å²) in [5.74, 6) is -0.477. The molecule has 0 atom stereocenters. The van der Waals surface area contributed by atoms with E-state index in [2.05, 4.69) is 15.6 Å². The fourth-order valence-corrected chi connectivity index (χ4v) is 3.61. The monoisotopic (exact) mass is 385 g/mol. The lowest BCUT2D eigenvalue weighted by atomic mass is 10.1. The van der Waals surface area contributed by atoms with Crippen LogP contribution in [-0.2, 0) is 0 Å². The standard InChI is InChI=1S/C19H16ClN3O2S/c1-11-12(17(24)21-2)7-5-9-15(11)23-18(25)16-10-22-19(26-16)13-6-3-4-8-14(13)20/h3-10H,1-2H3,(H,21,24)(H,23,25). The molecule has 132 valence electrons. The minimum absolute atomic E-state index is 0.197. The van der Waals surface area contributed by atoms with E-state index < -0.39 is 0 Å². The smallest absolute Gasteiger partial charge is 0.267 e. The fraction of sp³-hybridized carbons (Fsp3) is 0.105. The highest BCUT2D eigenvalue weighted by atomic mass is 35.5. The second kappa shape index (κ2) is 7.68. The molecule has 1 heterocycles. The number of aromatic nitrogens is 1. The largest absolute Gasteiger partial charge is 0.355 e. The lowest BCUT2D eigenvalue weighted by Crippen LogP contribution is -2.20. The molecule has 5 nitrogen and oxygen atoms in total. The van der Waals surface area contributed by atoms with Gasteiger partial charge in [0.1, 0.15) is 9.88 Å². The second-order valence-electron chi connectivity index (χ2n) is 5.52. The molecule has 0 aliphatic carbocycles. The molecule has 3 aromatic rings. The first-order chi connectivity index (χ1) is 12.5. The van der Waals surface area contributed by atoms with Crippen LogP contribution < -0.4 is 10.6 Å². The van der Waals surface area contributed by atoms with Crippen molar-refractivity contribution in [3.8, 4) is 10.6 Å². The van der Waals surface area contributed by atoms with Crippen molar-refractivity contribution in [1.82, 2.24) is 10.3 Å². The zero-order valence-electron chi connectivity index (χ0n) is 14.2. The van der Waals surface area contributed by atoms with E-state index in [0.717, 1.165) is 5.56 Å². The van der Waals surface area contributed by atoms with Crippen LogP contribution in [0.4, 0.5) is 5.69 Å². The van der Waals surface area contributed by atoms with Crippen molar-refractivity contribution < 1.29 is 9.59 Å². The Morgan fingerprint density at radius 2 is 1.85 bits per heavy atom. The molecule has 0 unspecified atom stereocenters. The minimum Gasteiger partial charge on any atom is -0.355 e. The molecule has 0 spiro atoms. The van der Waals surface area contributed by atoms with Gasteiger partial charge in [-0.1, -0.05) is 35.9 Å². The molecule has 26 heavy (non-hydrogen) atoms. The Labute approximate surface area is 160 Å². The van der Waals surface area contributed by atoms with Crippen molar-refractivity contribution in [2.45, 2.75) is 6.92 Å². The average molecular weight is 386 g/mol. The summed E-state index contributed by atoms with van der Waals surface area (Å²) in [5.41, 5.74) is 2.60. The van der Waals surface area contributed by atoms with Gasteiger partial charge in [-0.15, -0.1) is 11.3 Å². The van der Waals surface area contributed by atoms with Crippen molar-refractivity contribution in [2.75, 3.05) is 12.4 Å². The lowest BCUT2D eigenvalue weighted by molar-refractivity contribution is 0.0961. The van der Waals surface area contributed by atoms with E-state index in [1.54, 1.807) is 38.2 Å². The van der Waals surface area contributed by atoms with Gasteiger partial charge in [0.15, 0.2) is 0 Å². The van der Waals surface area contributed by atoms with Crippen LogP contribution >= 0.6 is 22.9 Å². The number of nitrogens with one attached hydrogen (secondary N) is 2. The Morgan fingerprint density at radius 3 is 2.58 bits per heavy atom. The first kappa shape index (κ1) is 18.1. The van der Waals surface area contributed by atoms with Crippen LogP contribution in [0.2, 0.25) is 5.02 Å². The van der Waals surface area contributed by atoms with Crippen molar-refractivity contribution in [3.05, 3.63) is 69.7 Å². The van der Waals surface area contributed by atoms with Crippen molar-refractivity contribution in [1.29, 1.82) is 0 Å². The number of benzene rings is 2. The number of hydrogen-bond acceptors (Lipinski definition) is 4. The van der Waals surface area contributed by atoms with Crippen molar-refractivity contribution in [2.24, 2.45) is 0 Å². The topological polar surface area (TPSA) is 71.1 Å². The molecule has 0 aliphatic rings. The predicted octanol–water partition coefficient (Wildman–Crippen LogP) is 4.38. The second-order valence-corrected chi connectivity index (χ2v) is 6.96. The van der Waals surface area contributed by atoms with Gasteiger partial charge >= 0.3 is 0 Å². The number of halogens is 1. The molecule has 0 aliphatic heterocycles. The van der Waals surface area contributed by atoms with Crippen molar-refractivity contribution >= 4 is 40.4 Å². The third-order valence-corrected chi connectivity index (χ3v) is 5.25. The van der Waals surface area contributed by atoms with Gasteiger partial charge in [-0.05, 0) is 30.7 Å². The van der Waals surface area contributed by atoms with Crippen LogP contribution in [0.25, 0.3) is 10.6 Å². The van der Waals surface area contributed by atoms with E-state index in [1.165, 1.54) is 17.5 Å². The number of rotatable bonds is 4. The number of hydrogen-bond donors (Lipinski definition) is 2. The average Bonchev–Trinajstić information content (AvgIpc) is 3.13. The van der Waals surface area contributed by atoms with Gasteiger partial charge in [0, 0.05) is 23.9 Å². The van der Waals surface area contributed by atoms with E-state index in [9.17, 15) is 9.59 Å². The van der Waals surface area contributed by atoms with Crippen LogP contribution in [0, 0.1) is 6.92 Å². The van der Waals surface area contributed by atoms with Gasteiger partial charge in [0.2, 0.25) is 0 Å². The molecule has 2 amide bonds. The lowest BCUT2D eigenvalue weighted by Gasteiger charge is -2.11. The SMILES string of the molecule is CNC(=O)c1cccc(NC(=O)c2cnc(-c3ccccc3Cl)s2)c1C. The van der Waals surface area contributed by atoms with Gasteiger partial charge in [-0.2, -0.15) is 0 Å². The number of carbonyl (C=O) groups is 2. The highest BCUT2D eigenvalue weighted by Crippen LogP contribution is 2.31. The number of amides is 2. The Balaban J connectivity index is 1.84.